The minimum absolute atomic E-state index is 0.0976. The number of nitrogens with one attached hydrogen (secondary N) is 2. The lowest BCUT2D eigenvalue weighted by molar-refractivity contribution is -0.116. The number of nitrogens with zero attached hydrogens (tertiary/aromatic N) is 1. The molecule has 4 N–H and O–H groups in total. The van der Waals surface area contributed by atoms with E-state index in [4.69, 9.17) is 5.73 Å². The van der Waals surface area contributed by atoms with E-state index in [1.54, 1.807) is 6.92 Å². The number of nitrogens with two attached hydrogens (primary N) is 1. The second-order valence-corrected chi connectivity index (χ2v) is 3.76. The molecule has 0 saturated carbocycles. The fraction of sp³-hybridized carbons (Fsp3) is 0.600. The molecule has 0 aliphatic carbocycles. The van der Waals surface area contributed by atoms with Gasteiger partial charge < -0.3 is 11.1 Å². The number of carbonyl (C=O) groups excluding carboxylic acids is 1. The predicted molar refractivity (Wildman–Crippen MR) is 59.5 cm³/mol. The second-order valence-electron chi connectivity index (χ2n) is 3.76. The maximum absolute atomic E-state index is 11.3. The first-order chi connectivity index (χ1) is 7.11. The van der Waals surface area contributed by atoms with Crippen LogP contribution in [-0.2, 0) is 11.2 Å². The highest BCUT2D eigenvalue weighted by molar-refractivity contribution is 5.90. The summed E-state index contributed by atoms with van der Waals surface area (Å²) in [7, 11) is 0. The fourth-order valence-electron chi connectivity index (χ4n) is 1.31. The number of aromatic amines is 1. The zero-order valence-corrected chi connectivity index (χ0v) is 9.21. The zero-order chi connectivity index (χ0) is 11.3. The minimum atomic E-state index is -0.126. The van der Waals surface area contributed by atoms with Gasteiger partial charge >= 0.3 is 0 Å². The van der Waals surface area contributed by atoms with Gasteiger partial charge in [0.25, 0.3) is 0 Å². The van der Waals surface area contributed by atoms with Crippen LogP contribution in [0.1, 0.15) is 32.4 Å². The monoisotopic (exact) mass is 210 g/mol. The van der Waals surface area contributed by atoms with E-state index in [2.05, 4.69) is 22.4 Å². The first-order valence-corrected chi connectivity index (χ1v) is 5.21. The van der Waals surface area contributed by atoms with Crippen LogP contribution in [0.5, 0.6) is 0 Å². The number of anilines is 1. The SMILES string of the molecule is CCCc1cc(NC(=O)CC(C)N)n[nH]1. The van der Waals surface area contributed by atoms with Crippen LogP contribution in [0, 0.1) is 0 Å². The van der Waals surface area contributed by atoms with Gasteiger partial charge in [0.1, 0.15) is 0 Å². The Kier molecular flexibility index (Phi) is 4.30. The van der Waals surface area contributed by atoms with E-state index < -0.39 is 0 Å². The van der Waals surface area contributed by atoms with Crippen LogP contribution in [0.2, 0.25) is 0 Å². The van der Waals surface area contributed by atoms with Crippen molar-refractivity contribution in [1.82, 2.24) is 10.2 Å². The third-order valence-electron chi connectivity index (χ3n) is 1.93. The molecule has 0 saturated heterocycles. The van der Waals surface area contributed by atoms with E-state index >= 15 is 0 Å². The molecular weight excluding hydrogens is 192 g/mol. The van der Waals surface area contributed by atoms with Crippen molar-refractivity contribution in [2.24, 2.45) is 5.73 Å². The van der Waals surface area contributed by atoms with Crippen LogP contribution in [0.15, 0.2) is 6.07 Å². The summed E-state index contributed by atoms with van der Waals surface area (Å²) in [4.78, 5) is 11.3. The Morgan fingerprint density at radius 1 is 1.73 bits per heavy atom. The molecule has 0 aromatic carbocycles. The highest BCUT2D eigenvalue weighted by atomic mass is 16.1. The Labute approximate surface area is 89.4 Å². The molecule has 5 heteroatoms. The van der Waals surface area contributed by atoms with Gasteiger partial charge in [-0.1, -0.05) is 13.3 Å². The summed E-state index contributed by atoms with van der Waals surface area (Å²) in [6.07, 6.45) is 2.31. The standard InChI is InChI=1S/C10H18N4O/c1-3-4-8-6-9(14-13-8)12-10(15)5-7(2)11/h6-7H,3-5,11H2,1-2H3,(H2,12,13,14,15). The number of hydrogen-bond donors (Lipinski definition) is 3. The van der Waals surface area contributed by atoms with Gasteiger partial charge in [-0.05, 0) is 13.3 Å². The Bertz CT molecular complexity index is 319. The molecule has 0 spiro atoms. The zero-order valence-electron chi connectivity index (χ0n) is 9.21. The Hall–Kier alpha value is -1.36. The number of aryl methyl sites for hydroxylation is 1. The summed E-state index contributed by atoms with van der Waals surface area (Å²) >= 11 is 0. The summed E-state index contributed by atoms with van der Waals surface area (Å²) in [5, 5.41) is 9.54. The molecular formula is C10H18N4O. The Balaban J connectivity index is 2.46. The lowest BCUT2D eigenvalue weighted by Gasteiger charge is -2.03. The maximum Gasteiger partial charge on any atom is 0.227 e. The average Bonchev–Trinajstić information content (AvgIpc) is 2.51. The van der Waals surface area contributed by atoms with E-state index in [1.165, 1.54) is 0 Å². The lowest BCUT2D eigenvalue weighted by Crippen LogP contribution is -2.24. The number of hydrogen-bond acceptors (Lipinski definition) is 3. The first kappa shape index (κ1) is 11.7. The molecule has 1 aromatic heterocycles. The van der Waals surface area contributed by atoms with E-state index in [0.717, 1.165) is 18.5 Å². The van der Waals surface area contributed by atoms with Crippen LogP contribution in [0.3, 0.4) is 0 Å². The number of amides is 1. The summed E-state index contributed by atoms with van der Waals surface area (Å²) < 4.78 is 0. The Morgan fingerprint density at radius 3 is 3.07 bits per heavy atom. The molecule has 1 atom stereocenters. The second kappa shape index (κ2) is 5.50. The van der Waals surface area contributed by atoms with Crippen molar-refractivity contribution in [1.29, 1.82) is 0 Å². The van der Waals surface area contributed by atoms with Gasteiger partial charge in [0.2, 0.25) is 5.91 Å². The highest BCUT2D eigenvalue weighted by Crippen LogP contribution is 2.07. The van der Waals surface area contributed by atoms with Gasteiger partial charge in [0, 0.05) is 24.2 Å². The van der Waals surface area contributed by atoms with Gasteiger partial charge in [-0.15, -0.1) is 0 Å². The quantitative estimate of drug-likeness (QED) is 0.679. The fourth-order valence-corrected chi connectivity index (χ4v) is 1.31. The van der Waals surface area contributed by atoms with E-state index in [1.807, 2.05) is 6.07 Å². The molecule has 5 nitrogen and oxygen atoms in total. The molecule has 0 aliphatic heterocycles. The molecule has 0 fully saturated rings. The van der Waals surface area contributed by atoms with Crippen molar-refractivity contribution in [2.45, 2.75) is 39.2 Å². The van der Waals surface area contributed by atoms with Gasteiger partial charge in [0.15, 0.2) is 5.82 Å². The van der Waals surface area contributed by atoms with Gasteiger partial charge in [-0.25, -0.2) is 0 Å². The molecule has 0 radical (unpaired) electrons. The average molecular weight is 210 g/mol. The van der Waals surface area contributed by atoms with Crippen LogP contribution in [0.4, 0.5) is 5.82 Å². The van der Waals surface area contributed by atoms with Crippen molar-refractivity contribution >= 4 is 11.7 Å². The van der Waals surface area contributed by atoms with Crippen LogP contribution < -0.4 is 11.1 Å². The number of aromatic nitrogens is 2. The molecule has 1 rings (SSSR count). The third kappa shape index (κ3) is 4.12. The molecule has 1 aromatic rings. The molecule has 84 valence electrons. The highest BCUT2D eigenvalue weighted by Gasteiger charge is 2.07. The van der Waals surface area contributed by atoms with E-state index in [0.29, 0.717) is 12.2 Å². The van der Waals surface area contributed by atoms with Crippen molar-refractivity contribution in [2.75, 3.05) is 5.32 Å². The number of rotatable bonds is 5. The van der Waals surface area contributed by atoms with Crippen LogP contribution >= 0.6 is 0 Å². The number of H-pyrrole nitrogens is 1. The summed E-state index contributed by atoms with van der Waals surface area (Å²) in [5.74, 6) is 0.476. The lowest BCUT2D eigenvalue weighted by atomic mass is 10.2. The van der Waals surface area contributed by atoms with Crippen molar-refractivity contribution < 1.29 is 4.79 Å². The van der Waals surface area contributed by atoms with Gasteiger partial charge in [-0.2, -0.15) is 5.10 Å². The van der Waals surface area contributed by atoms with Crippen molar-refractivity contribution in [3.63, 3.8) is 0 Å². The van der Waals surface area contributed by atoms with Crippen molar-refractivity contribution in [3.05, 3.63) is 11.8 Å². The van der Waals surface area contributed by atoms with Crippen molar-refractivity contribution in [3.8, 4) is 0 Å². The molecule has 0 bridgehead atoms. The Morgan fingerprint density at radius 2 is 2.47 bits per heavy atom. The van der Waals surface area contributed by atoms with E-state index in [9.17, 15) is 4.79 Å². The molecule has 1 unspecified atom stereocenters. The minimum Gasteiger partial charge on any atom is -0.327 e. The molecule has 1 heterocycles. The molecule has 15 heavy (non-hydrogen) atoms. The normalized spacial score (nSPS) is 12.5. The summed E-state index contributed by atoms with van der Waals surface area (Å²) in [6.45, 7) is 3.89. The summed E-state index contributed by atoms with van der Waals surface area (Å²) in [5.41, 5.74) is 6.55. The first-order valence-electron chi connectivity index (χ1n) is 5.21. The number of carbonyl (C=O) groups is 1. The smallest absolute Gasteiger partial charge is 0.227 e. The maximum atomic E-state index is 11.3. The topological polar surface area (TPSA) is 83.8 Å². The third-order valence-corrected chi connectivity index (χ3v) is 1.93. The largest absolute Gasteiger partial charge is 0.327 e. The van der Waals surface area contributed by atoms with Gasteiger partial charge in [0.05, 0.1) is 0 Å². The van der Waals surface area contributed by atoms with Crippen LogP contribution in [0.25, 0.3) is 0 Å². The molecule has 1 amide bonds. The van der Waals surface area contributed by atoms with E-state index in [-0.39, 0.29) is 11.9 Å². The predicted octanol–water partition coefficient (Wildman–Crippen LogP) is 1.04. The summed E-state index contributed by atoms with van der Waals surface area (Å²) in [6, 6.07) is 1.72. The van der Waals surface area contributed by atoms with Crippen LogP contribution in [-0.4, -0.2) is 22.1 Å². The molecule has 0 aliphatic rings. The van der Waals surface area contributed by atoms with Gasteiger partial charge in [-0.3, -0.25) is 9.89 Å².